The molecule has 2 aromatic heterocycles. The van der Waals surface area contributed by atoms with E-state index in [2.05, 4.69) is 20.9 Å². The predicted octanol–water partition coefficient (Wildman–Crippen LogP) is 6.39. The Morgan fingerprint density at radius 3 is 2.58 bits per heavy atom. The fraction of sp³-hybridized carbons (Fsp3) is 0.436. The van der Waals surface area contributed by atoms with Gasteiger partial charge in [0.2, 0.25) is 5.91 Å². The van der Waals surface area contributed by atoms with Crippen molar-refractivity contribution in [3.05, 3.63) is 47.7 Å². The van der Waals surface area contributed by atoms with Crippen molar-refractivity contribution < 1.29 is 41.0 Å². The number of hydrogen-bond donors (Lipinski definition) is 1. The molecule has 16 heteroatoms. The van der Waals surface area contributed by atoms with Crippen molar-refractivity contribution in [3.8, 4) is 35.2 Å². The number of nitrogens with zero attached hydrogens (tertiary/aromatic N) is 7. The Balaban J connectivity index is 1.24. The maximum Gasteiger partial charge on any atom is 0.397 e. The zero-order chi connectivity index (χ0) is 38.6. The molecule has 0 radical (unpaired) electrons. The first-order valence-electron chi connectivity index (χ1n) is 18.2. The van der Waals surface area contributed by atoms with Crippen LogP contribution in [0.5, 0.6) is 11.8 Å². The van der Waals surface area contributed by atoms with Gasteiger partial charge >= 0.3 is 12.2 Å². The topological polar surface area (TPSA) is 99.9 Å². The smallest absolute Gasteiger partial charge is 0.397 e. The maximum atomic E-state index is 17.7. The van der Waals surface area contributed by atoms with Crippen molar-refractivity contribution in [1.82, 2.24) is 29.5 Å². The summed E-state index contributed by atoms with van der Waals surface area (Å²) in [5, 5.41) is 16.6. The molecule has 6 heterocycles. The third kappa shape index (κ3) is 5.77. The molecule has 4 atom stereocenters. The highest BCUT2D eigenvalue weighted by atomic mass is 19.4. The number of anilines is 1. The summed E-state index contributed by atoms with van der Waals surface area (Å²) in [6.45, 7) is 1.25. The van der Waals surface area contributed by atoms with Crippen LogP contribution in [0.15, 0.2) is 30.5 Å². The lowest BCUT2D eigenvalue weighted by molar-refractivity contribution is -0.163. The third-order valence-corrected chi connectivity index (χ3v) is 11.7. The fourth-order valence-electron chi connectivity index (χ4n) is 9.61. The molecule has 9 rings (SSSR count). The van der Waals surface area contributed by atoms with Crippen molar-refractivity contribution in [2.45, 2.75) is 68.5 Å². The molecule has 286 valence electrons. The van der Waals surface area contributed by atoms with E-state index in [9.17, 15) is 27.5 Å². The largest absolute Gasteiger partial charge is 0.508 e. The van der Waals surface area contributed by atoms with E-state index in [-0.39, 0.29) is 88.7 Å². The quantitative estimate of drug-likeness (QED) is 0.157. The van der Waals surface area contributed by atoms with E-state index in [1.807, 2.05) is 4.90 Å². The fourth-order valence-corrected chi connectivity index (χ4v) is 9.61. The number of benzene rings is 3. The summed E-state index contributed by atoms with van der Waals surface area (Å²) in [5.41, 5.74) is -0.824. The second-order valence-electron chi connectivity index (χ2n) is 15.2. The molecule has 0 saturated carbocycles. The zero-order valence-electron chi connectivity index (χ0n) is 29.6. The standard InChI is InChI=1S/C39H35F6N7O3/c1-3-25-28(41)8-5-20-11-24(53)12-26(30(20)25)31-33(42)35-32(27-18-49(2)48-34(27)31)36(47-37(46-35)55-19-38-9-4-10-51(38)15-21(40)13-38)50-16-22-6-7-23(17-50)52(22)29(54)14-39(43,44)45/h1,5,8,11-12,18,21-23,53H,4,6-7,9-10,13-17,19H2,2H3/t21-,22-,23+,38+/m1/s1. The van der Waals surface area contributed by atoms with Gasteiger partial charge in [0.1, 0.15) is 47.6 Å². The van der Waals surface area contributed by atoms with Crippen LogP contribution in [0.2, 0.25) is 0 Å². The van der Waals surface area contributed by atoms with Crippen molar-refractivity contribution in [3.63, 3.8) is 0 Å². The molecule has 0 spiro atoms. The van der Waals surface area contributed by atoms with E-state index in [0.29, 0.717) is 36.6 Å². The lowest BCUT2D eigenvalue weighted by Crippen LogP contribution is -2.56. The number of carbonyl (C=O) groups is 1. The van der Waals surface area contributed by atoms with Gasteiger partial charge in [-0.25, -0.2) is 13.2 Å². The van der Waals surface area contributed by atoms with Crippen molar-refractivity contribution >= 4 is 44.3 Å². The summed E-state index contributed by atoms with van der Waals surface area (Å²) in [6, 6.07) is 3.97. The predicted molar refractivity (Wildman–Crippen MR) is 191 cm³/mol. The van der Waals surface area contributed by atoms with Gasteiger partial charge in [-0.1, -0.05) is 12.0 Å². The second kappa shape index (κ2) is 12.6. The van der Waals surface area contributed by atoms with E-state index in [1.54, 1.807) is 13.2 Å². The summed E-state index contributed by atoms with van der Waals surface area (Å²) in [5.74, 6) is -0.236. The molecular weight excluding hydrogens is 728 g/mol. The number of aromatic nitrogens is 4. The molecule has 4 fully saturated rings. The number of phenolic OH excluding ortho intramolecular Hbond substituents is 1. The van der Waals surface area contributed by atoms with Crippen LogP contribution in [0.3, 0.4) is 0 Å². The van der Waals surface area contributed by atoms with Gasteiger partial charge in [-0.2, -0.15) is 28.2 Å². The summed E-state index contributed by atoms with van der Waals surface area (Å²) in [6.07, 6.45) is 2.92. The van der Waals surface area contributed by atoms with Crippen LogP contribution < -0.4 is 9.64 Å². The molecule has 4 aliphatic rings. The lowest BCUT2D eigenvalue weighted by atomic mass is 9.91. The van der Waals surface area contributed by atoms with Crippen LogP contribution in [-0.4, -0.2) is 103 Å². The first-order valence-corrected chi connectivity index (χ1v) is 18.2. The molecule has 0 aliphatic carbocycles. The maximum absolute atomic E-state index is 17.7. The molecule has 3 aromatic carbocycles. The molecule has 4 aliphatic heterocycles. The average Bonchev–Trinajstić information content (AvgIpc) is 3.85. The zero-order valence-corrected chi connectivity index (χ0v) is 29.6. The Morgan fingerprint density at radius 2 is 1.85 bits per heavy atom. The van der Waals surface area contributed by atoms with Gasteiger partial charge in [-0.05, 0) is 61.4 Å². The van der Waals surface area contributed by atoms with Gasteiger partial charge in [0.05, 0.1) is 16.5 Å². The van der Waals surface area contributed by atoms with Gasteiger partial charge in [-0.3, -0.25) is 14.4 Å². The summed E-state index contributed by atoms with van der Waals surface area (Å²) >= 11 is 0. The van der Waals surface area contributed by atoms with Gasteiger partial charge < -0.3 is 19.6 Å². The summed E-state index contributed by atoms with van der Waals surface area (Å²) in [7, 11) is 1.64. The SMILES string of the molecule is C#Cc1c(F)ccc2cc(O)cc(-c3c(F)c4nc(OC[C@@]56CCCN5C[C@H](F)C6)nc(N5C[C@H]6CC[C@@H](C5)N6C(=O)CC(F)(F)F)c4c4cn(C)nc34)c12. The van der Waals surface area contributed by atoms with Crippen LogP contribution in [0.25, 0.3) is 43.7 Å². The number of ether oxygens (including phenoxy) is 1. The molecule has 2 bridgehead atoms. The Morgan fingerprint density at radius 1 is 1.09 bits per heavy atom. The van der Waals surface area contributed by atoms with Crippen LogP contribution in [0.4, 0.5) is 32.2 Å². The second-order valence-corrected chi connectivity index (χ2v) is 15.2. The molecule has 5 aromatic rings. The number of fused-ring (bicyclic) bond motifs is 7. The monoisotopic (exact) mass is 763 g/mol. The van der Waals surface area contributed by atoms with E-state index in [1.165, 1.54) is 33.8 Å². The Hall–Kier alpha value is -5.30. The van der Waals surface area contributed by atoms with E-state index in [0.717, 1.165) is 6.42 Å². The highest BCUT2D eigenvalue weighted by Gasteiger charge is 2.50. The Kier molecular flexibility index (Phi) is 8.12. The number of piperazine rings is 1. The third-order valence-electron chi connectivity index (χ3n) is 11.7. The van der Waals surface area contributed by atoms with Gasteiger partial charge in [0.15, 0.2) is 5.82 Å². The molecule has 1 amide bonds. The number of alkyl halides is 4. The lowest BCUT2D eigenvalue weighted by Gasteiger charge is -2.42. The van der Waals surface area contributed by atoms with E-state index >= 15 is 8.78 Å². The first kappa shape index (κ1) is 35.4. The number of hydrogen-bond acceptors (Lipinski definition) is 8. The summed E-state index contributed by atoms with van der Waals surface area (Å²) in [4.78, 5) is 27.5. The van der Waals surface area contributed by atoms with Crippen LogP contribution in [0, 0.1) is 24.0 Å². The number of carbonyl (C=O) groups excluding carboxylic acids is 1. The van der Waals surface area contributed by atoms with Crippen molar-refractivity contribution in [1.29, 1.82) is 0 Å². The molecule has 10 nitrogen and oxygen atoms in total. The highest BCUT2D eigenvalue weighted by molar-refractivity contribution is 6.18. The van der Waals surface area contributed by atoms with Crippen LogP contribution >= 0.6 is 0 Å². The number of aromatic hydroxyl groups is 1. The van der Waals surface area contributed by atoms with Crippen LogP contribution in [-0.2, 0) is 11.8 Å². The van der Waals surface area contributed by atoms with E-state index in [4.69, 9.17) is 16.1 Å². The number of phenols is 1. The van der Waals surface area contributed by atoms with Gasteiger partial charge in [-0.15, -0.1) is 6.42 Å². The minimum atomic E-state index is -4.66. The molecule has 55 heavy (non-hydrogen) atoms. The number of amides is 1. The van der Waals surface area contributed by atoms with Gasteiger partial charge in [0.25, 0.3) is 0 Å². The Bertz CT molecular complexity index is 2450. The summed E-state index contributed by atoms with van der Waals surface area (Å²) < 4.78 is 95.2. The number of terminal acetylenes is 1. The minimum absolute atomic E-state index is 0.0367. The van der Waals surface area contributed by atoms with Gasteiger partial charge in [0, 0.05) is 67.7 Å². The van der Waals surface area contributed by atoms with E-state index < -0.39 is 53.9 Å². The Labute approximate surface area is 310 Å². The highest BCUT2D eigenvalue weighted by Crippen LogP contribution is 2.46. The average molecular weight is 764 g/mol. The minimum Gasteiger partial charge on any atom is -0.508 e. The first-order chi connectivity index (χ1) is 26.2. The number of rotatable bonds is 6. The molecule has 0 unspecified atom stereocenters. The molecular formula is C39H35F6N7O3. The van der Waals surface area contributed by atoms with Crippen LogP contribution in [0.1, 0.15) is 44.1 Å². The molecule has 4 saturated heterocycles. The number of aryl methyl sites for hydroxylation is 1. The van der Waals surface area contributed by atoms with Crippen molar-refractivity contribution in [2.24, 2.45) is 7.05 Å². The van der Waals surface area contributed by atoms with Crippen molar-refractivity contribution in [2.75, 3.05) is 37.7 Å². The normalized spacial score (nSPS) is 24.0. The molecule has 1 N–H and O–H groups in total. The number of halogens is 6.